The molecule has 1 saturated heterocycles. The highest BCUT2D eigenvalue weighted by atomic mass is 16.6. The number of nitrogens with zero attached hydrogens (tertiary/aromatic N) is 4. The lowest BCUT2D eigenvalue weighted by atomic mass is 9.97. The predicted molar refractivity (Wildman–Crippen MR) is 108 cm³/mol. The molecular weight excluding hydrogens is 392 g/mol. The summed E-state index contributed by atoms with van der Waals surface area (Å²) in [6.07, 6.45) is 2.19. The largest absolute Gasteiger partial charge is 0.469 e. The van der Waals surface area contributed by atoms with Gasteiger partial charge in [0.15, 0.2) is 0 Å². The molecule has 0 spiro atoms. The van der Waals surface area contributed by atoms with Crippen molar-refractivity contribution in [1.82, 2.24) is 15.4 Å². The Balaban J connectivity index is 1.75. The van der Waals surface area contributed by atoms with Crippen molar-refractivity contribution >= 4 is 29.2 Å². The number of hydrogen-bond donors (Lipinski definition) is 2. The molecule has 0 bridgehead atoms. The highest BCUT2D eigenvalue weighted by molar-refractivity contribution is 5.95. The number of amides is 1. The average molecular weight is 414 g/mol. The Morgan fingerprint density at radius 1 is 1.20 bits per heavy atom. The summed E-state index contributed by atoms with van der Waals surface area (Å²) < 4.78 is 4.77. The topological polar surface area (TPSA) is 140 Å². The summed E-state index contributed by atoms with van der Waals surface area (Å²) in [5, 5.41) is 11.7. The molecule has 0 atom stereocenters. The van der Waals surface area contributed by atoms with Crippen molar-refractivity contribution in [2.45, 2.75) is 19.8 Å². The first-order chi connectivity index (χ1) is 14.4. The predicted octanol–water partition coefficient (Wildman–Crippen LogP) is 1.84. The van der Waals surface area contributed by atoms with E-state index in [2.05, 4.69) is 20.8 Å². The van der Waals surface area contributed by atoms with E-state index in [1.165, 1.54) is 13.4 Å². The molecule has 0 saturated carbocycles. The van der Waals surface area contributed by atoms with E-state index in [1.54, 1.807) is 29.2 Å². The van der Waals surface area contributed by atoms with Crippen molar-refractivity contribution in [3.8, 4) is 0 Å². The van der Waals surface area contributed by atoms with Crippen molar-refractivity contribution < 1.29 is 19.2 Å². The summed E-state index contributed by atoms with van der Waals surface area (Å²) >= 11 is 0. The zero-order valence-corrected chi connectivity index (χ0v) is 16.6. The van der Waals surface area contributed by atoms with Gasteiger partial charge in [0, 0.05) is 18.7 Å². The Morgan fingerprint density at radius 2 is 1.87 bits per heavy atom. The van der Waals surface area contributed by atoms with Crippen LogP contribution in [0.5, 0.6) is 0 Å². The van der Waals surface area contributed by atoms with Crippen molar-refractivity contribution in [2.75, 3.05) is 30.5 Å². The second kappa shape index (κ2) is 9.16. The molecule has 0 unspecified atom stereocenters. The molecule has 3 rings (SSSR count). The van der Waals surface area contributed by atoms with Crippen LogP contribution in [0.1, 0.15) is 28.8 Å². The van der Waals surface area contributed by atoms with Crippen LogP contribution in [0.4, 0.5) is 17.3 Å². The molecule has 30 heavy (non-hydrogen) atoms. The number of rotatable bonds is 6. The van der Waals surface area contributed by atoms with Gasteiger partial charge in [-0.25, -0.2) is 9.97 Å². The van der Waals surface area contributed by atoms with Gasteiger partial charge in [-0.15, -0.1) is 0 Å². The fraction of sp³-hybridized carbons (Fsp3) is 0.368. The van der Waals surface area contributed by atoms with E-state index in [9.17, 15) is 19.7 Å². The Kier molecular flexibility index (Phi) is 6.40. The number of methoxy groups -OCH3 is 1. The Hall–Kier alpha value is -3.76. The first kappa shape index (κ1) is 21.0. The molecule has 1 amide bonds. The van der Waals surface area contributed by atoms with Crippen LogP contribution in [-0.2, 0) is 9.53 Å². The maximum atomic E-state index is 12.3. The number of ether oxygens (including phenoxy) is 1. The fourth-order valence-electron chi connectivity index (χ4n) is 3.25. The maximum absolute atomic E-state index is 12.3. The van der Waals surface area contributed by atoms with Crippen molar-refractivity contribution in [3.63, 3.8) is 0 Å². The highest BCUT2D eigenvalue weighted by Gasteiger charge is 2.32. The van der Waals surface area contributed by atoms with Gasteiger partial charge in [0.05, 0.1) is 18.0 Å². The van der Waals surface area contributed by atoms with Gasteiger partial charge in [0.2, 0.25) is 11.6 Å². The quantitative estimate of drug-likeness (QED) is 0.411. The molecule has 11 heteroatoms. The Bertz CT molecular complexity index is 941. The number of nitrogens with one attached hydrogen (secondary N) is 2. The van der Waals surface area contributed by atoms with Gasteiger partial charge >= 0.3 is 11.7 Å². The molecule has 0 aliphatic carbocycles. The summed E-state index contributed by atoms with van der Waals surface area (Å²) in [5.41, 5.74) is 6.01. The lowest BCUT2D eigenvalue weighted by Crippen LogP contribution is -2.38. The molecule has 1 aliphatic rings. The fourth-order valence-corrected chi connectivity index (χ4v) is 3.25. The van der Waals surface area contributed by atoms with E-state index < -0.39 is 10.8 Å². The number of carbonyl (C=O) groups is 2. The van der Waals surface area contributed by atoms with Gasteiger partial charge < -0.3 is 9.64 Å². The number of hydrazine groups is 1. The minimum absolute atomic E-state index is 0.124. The number of piperidine rings is 1. The van der Waals surface area contributed by atoms with Crippen LogP contribution in [0.15, 0.2) is 30.6 Å². The summed E-state index contributed by atoms with van der Waals surface area (Å²) in [4.78, 5) is 44.8. The summed E-state index contributed by atoms with van der Waals surface area (Å²) in [6, 6.07) is 6.88. The molecular formula is C19H22N6O5. The van der Waals surface area contributed by atoms with Crippen LogP contribution in [0.25, 0.3) is 0 Å². The SMILES string of the molecule is COC(=O)C1CCN(c2ncnc(NNC(=O)c3ccc(C)cc3)c2[N+](=O)[O-])CC1. The third-order valence-corrected chi connectivity index (χ3v) is 4.92. The van der Waals surface area contributed by atoms with E-state index in [0.717, 1.165) is 5.56 Å². The summed E-state index contributed by atoms with van der Waals surface area (Å²) in [6.45, 7) is 2.72. The van der Waals surface area contributed by atoms with Gasteiger partial charge in [0.1, 0.15) is 6.33 Å². The molecule has 1 fully saturated rings. The van der Waals surface area contributed by atoms with Gasteiger partial charge in [-0.05, 0) is 31.9 Å². The van der Waals surface area contributed by atoms with Crippen molar-refractivity contribution in [3.05, 3.63) is 51.8 Å². The Labute approximate surface area is 172 Å². The first-order valence-corrected chi connectivity index (χ1v) is 9.36. The zero-order chi connectivity index (χ0) is 21.7. The summed E-state index contributed by atoms with van der Waals surface area (Å²) in [5.74, 6) is -0.971. The number of aromatic nitrogens is 2. The van der Waals surface area contributed by atoms with Gasteiger partial charge in [0.25, 0.3) is 5.91 Å². The Morgan fingerprint density at radius 3 is 2.47 bits per heavy atom. The number of carbonyl (C=O) groups excluding carboxylic acids is 2. The second-order valence-corrected chi connectivity index (χ2v) is 6.88. The number of nitro groups is 1. The van der Waals surface area contributed by atoms with Crippen LogP contribution in [0.3, 0.4) is 0 Å². The number of hydrogen-bond acceptors (Lipinski definition) is 9. The normalized spacial score (nSPS) is 14.1. The molecule has 2 N–H and O–H groups in total. The van der Waals surface area contributed by atoms with Crippen LogP contribution in [0.2, 0.25) is 0 Å². The average Bonchev–Trinajstić information content (AvgIpc) is 2.77. The first-order valence-electron chi connectivity index (χ1n) is 9.36. The molecule has 2 heterocycles. The third-order valence-electron chi connectivity index (χ3n) is 4.92. The summed E-state index contributed by atoms with van der Waals surface area (Å²) in [7, 11) is 1.34. The second-order valence-electron chi connectivity index (χ2n) is 6.88. The monoisotopic (exact) mass is 414 g/mol. The molecule has 1 aromatic carbocycles. The van der Waals surface area contributed by atoms with Crippen molar-refractivity contribution in [1.29, 1.82) is 0 Å². The van der Waals surface area contributed by atoms with Crippen LogP contribution in [0, 0.1) is 23.0 Å². The lowest BCUT2D eigenvalue weighted by molar-refractivity contribution is -0.383. The van der Waals surface area contributed by atoms with E-state index in [-0.39, 0.29) is 29.2 Å². The van der Waals surface area contributed by atoms with E-state index in [0.29, 0.717) is 31.5 Å². The zero-order valence-electron chi connectivity index (χ0n) is 16.6. The lowest BCUT2D eigenvalue weighted by Gasteiger charge is -2.31. The third kappa shape index (κ3) is 4.62. The molecule has 0 radical (unpaired) electrons. The maximum Gasteiger partial charge on any atom is 0.355 e. The van der Waals surface area contributed by atoms with Crippen LogP contribution in [-0.4, -0.2) is 47.0 Å². The minimum Gasteiger partial charge on any atom is -0.469 e. The van der Waals surface area contributed by atoms with E-state index >= 15 is 0 Å². The van der Waals surface area contributed by atoms with Gasteiger partial charge in [-0.1, -0.05) is 17.7 Å². The van der Waals surface area contributed by atoms with Gasteiger partial charge in [-0.3, -0.25) is 30.6 Å². The van der Waals surface area contributed by atoms with Crippen LogP contribution < -0.4 is 15.8 Å². The van der Waals surface area contributed by atoms with Crippen LogP contribution >= 0.6 is 0 Å². The van der Waals surface area contributed by atoms with E-state index in [4.69, 9.17) is 4.74 Å². The molecule has 1 aromatic heterocycles. The number of benzene rings is 1. The number of anilines is 2. The molecule has 11 nitrogen and oxygen atoms in total. The number of esters is 1. The smallest absolute Gasteiger partial charge is 0.355 e. The van der Waals surface area contributed by atoms with Gasteiger partial charge in [-0.2, -0.15) is 0 Å². The standard InChI is InChI=1S/C19H22N6O5/c1-12-3-5-13(6-4-12)18(26)23-22-16-15(25(28)29)17(21-11-20-16)24-9-7-14(8-10-24)19(27)30-2/h3-6,11,14H,7-10H2,1-2H3,(H,23,26)(H,20,21,22). The molecule has 2 aromatic rings. The number of aryl methyl sites for hydroxylation is 1. The molecule has 158 valence electrons. The molecule has 1 aliphatic heterocycles. The minimum atomic E-state index is -0.595. The van der Waals surface area contributed by atoms with E-state index in [1.807, 2.05) is 6.92 Å². The van der Waals surface area contributed by atoms with Crippen molar-refractivity contribution in [2.24, 2.45) is 5.92 Å². The highest BCUT2D eigenvalue weighted by Crippen LogP contribution is 2.33.